The van der Waals surface area contributed by atoms with E-state index in [0.29, 0.717) is 12.2 Å². The van der Waals surface area contributed by atoms with Gasteiger partial charge in [-0.05, 0) is 6.42 Å². The van der Waals surface area contributed by atoms with E-state index in [-0.39, 0.29) is 11.3 Å². The van der Waals surface area contributed by atoms with Gasteiger partial charge in [0.1, 0.15) is 5.76 Å². The van der Waals surface area contributed by atoms with Crippen LogP contribution in [-0.2, 0) is 23.8 Å². The maximum absolute atomic E-state index is 11.9. The molecule has 5 nitrogen and oxygen atoms in total. The van der Waals surface area contributed by atoms with Gasteiger partial charge in [0.2, 0.25) is 0 Å². The molecule has 0 bridgehead atoms. The zero-order valence-corrected chi connectivity index (χ0v) is 12.5. The molecule has 0 heterocycles. The van der Waals surface area contributed by atoms with Crippen LogP contribution < -0.4 is 0 Å². The topological polar surface area (TPSA) is 61.8 Å². The largest absolute Gasteiger partial charge is 0.492 e. The van der Waals surface area contributed by atoms with Crippen LogP contribution in [0, 0.1) is 0 Å². The van der Waals surface area contributed by atoms with E-state index in [0.717, 1.165) is 12.8 Å². The van der Waals surface area contributed by atoms with Crippen molar-refractivity contribution in [1.82, 2.24) is 0 Å². The summed E-state index contributed by atoms with van der Waals surface area (Å²) in [4.78, 5) is 23.8. The van der Waals surface area contributed by atoms with E-state index in [4.69, 9.17) is 4.74 Å². The van der Waals surface area contributed by atoms with Gasteiger partial charge in [-0.2, -0.15) is 0 Å². The van der Waals surface area contributed by atoms with Gasteiger partial charge < -0.3 is 14.2 Å². The van der Waals surface area contributed by atoms with E-state index in [1.165, 1.54) is 14.2 Å². The Kier molecular flexibility index (Phi) is 7.01. The van der Waals surface area contributed by atoms with Crippen molar-refractivity contribution in [3.63, 3.8) is 0 Å². The minimum atomic E-state index is -0.780. The van der Waals surface area contributed by atoms with Crippen LogP contribution in [0.4, 0.5) is 0 Å². The minimum Gasteiger partial charge on any atom is -0.492 e. The number of hydrogen-bond acceptors (Lipinski definition) is 5. The molecule has 1 aromatic carbocycles. The molecular weight excluding hydrogens is 272 g/mol. The van der Waals surface area contributed by atoms with Crippen LogP contribution in [0.5, 0.6) is 0 Å². The Balaban J connectivity index is 3.30. The van der Waals surface area contributed by atoms with Crippen LogP contribution in [-0.4, -0.2) is 32.8 Å². The molecule has 0 unspecified atom stereocenters. The van der Waals surface area contributed by atoms with Gasteiger partial charge in [-0.15, -0.1) is 0 Å². The van der Waals surface area contributed by atoms with Crippen LogP contribution in [0.1, 0.15) is 25.3 Å². The van der Waals surface area contributed by atoms with Crippen molar-refractivity contribution in [1.29, 1.82) is 0 Å². The van der Waals surface area contributed by atoms with Crippen molar-refractivity contribution in [3.05, 3.63) is 41.5 Å². The summed E-state index contributed by atoms with van der Waals surface area (Å²) >= 11 is 0. The average molecular weight is 292 g/mol. The van der Waals surface area contributed by atoms with E-state index in [1.54, 1.807) is 24.3 Å². The SMILES string of the molecule is CCCCOC(=C(C(=O)OC)C(=O)OC)c1ccccc1. The molecule has 0 radical (unpaired) electrons. The lowest BCUT2D eigenvalue weighted by Gasteiger charge is -2.14. The minimum absolute atomic E-state index is 0.183. The number of methoxy groups -OCH3 is 2. The second kappa shape index (κ2) is 8.79. The van der Waals surface area contributed by atoms with Crippen molar-refractivity contribution < 1.29 is 23.8 Å². The second-order valence-electron chi connectivity index (χ2n) is 4.26. The second-order valence-corrected chi connectivity index (χ2v) is 4.26. The first kappa shape index (κ1) is 16.8. The van der Waals surface area contributed by atoms with Gasteiger partial charge in [-0.3, -0.25) is 0 Å². The number of carbonyl (C=O) groups is 2. The molecule has 0 fully saturated rings. The highest BCUT2D eigenvalue weighted by molar-refractivity contribution is 6.19. The normalized spacial score (nSPS) is 9.67. The first-order chi connectivity index (χ1) is 10.2. The van der Waals surface area contributed by atoms with Gasteiger partial charge in [0, 0.05) is 5.56 Å². The highest BCUT2D eigenvalue weighted by atomic mass is 16.5. The number of unbranched alkanes of at least 4 members (excludes halogenated alkanes) is 1. The summed E-state index contributed by atoms with van der Waals surface area (Å²) in [5.74, 6) is -1.38. The summed E-state index contributed by atoms with van der Waals surface area (Å²) in [6.45, 7) is 2.43. The van der Waals surface area contributed by atoms with Crippen molar-refractivity contribution in [3.8, 4) is 0 Å². The lowest BCUT2D eigenvalue weighted by atomic mass is 10.1. The standard InChI is InChI=1S/C16H20O5/c1-4-5-11-21-14(12-9-7-6-8-10-12)13(15(17)19-2)16(18)20-3/h6-10H,4-5,11H2,1-3H3. The molecule has 1 rings (SSSR count). The molecular formula is C16H20O5. The molecule has 21 heavy (non-hydrogen) atoms. The predicted molar refractivity (Wildman–Crippen MR) is 78.3 cm³/mol. The number of esters is 2. The number of hydrogen-bond donors (Lipinski definition) is 0. The van der Waals surface area contributed by atoms with E-state index >= 15 is 0 Å². The number of carbonyl (C=O) groups excluding carboxylic acids is 2. The number of benzene rings is 1. The van der Waals surface area contributed by atoms with Crippen LogP contribution in [0.15, 0.2) is 35.9 Å². The van der Waals surface area contributed by atoms with Gasteiger partial charge in [-0.1, -0.05) is 43.7 Å². The molecule has 0 aliphatic rings. The van der Waals surface area contributed by atoms with Gasteiger partial charge in [-0.25, -0.2) is 9.59 Å². The summed E-state index contributed by atoms with van der Waals surface area (Å²) in [5, 5.41) is 0. The van der Waals surface area contributed by atoms with E-state index in [2.05, 4.69) is 9.47 Å². The Labute approximate surface area is 124 Å². The van der Waals surface area contributed by atoms with Crippen molar-refractivity contribution in [2.75, 3.05) is 20.8 Å². The third-order valence-corrected chi connectivity index (χ3v) is 2.79. The molecule has 0 saturated heterocycles. The quantitative estimate of drug-likeness (QED) is 0.193. The molecule has 0 saturated carbocycles. The first-order valence-electron chi connectivity index (χ1n) is 6.74. The number of ether oxygens (including phenoxy) is 3. The van der Waals surface area contributed by atoms with Crippen LogP contribution in [0.2, 0.25) is 0 Å². The lowest BCUT2D eigenvalue weighted by Crippen LogP contribution is -2.19. The van der Waals surface area contributed by atoms with Gasteiger partial charge in [0.15, 0.2) is 5.57 Å². The Morgan fingerprint density at radius 2 is 1.57 bits per heavy atom. The third kappa shape index (κ3) is 4.63. The fourth-order valence-electron chi connectivity index (χ4n) is 1.68. The molecule has 0 spiro atoms. The average Bonchev–Trinajstić information content (AvgIpc) is 2.54. The van der Waals surface area contributed by atoms with E-state index in [9.17, 15) is 9.59 Å². The molecule has 0 aromatic heterocycles. The lowest BCUT2D eigenvalue weighted by molar-refractivity contribution is -0.144. The Hall–Kier alpha value is -2.30. The Bertz CT molecular complexity index is 487. The fourth-order valence-corrected chi connectivity index (χ4v) is 1.68. The molecule has 0 amide bonds. The molecule has 114 valence electrons. The molecule has 5 heteroatoms. The summed E-state index contributed by atoms with van der Waals surface area (Å²) in [7, 11) is 2.42. The van der Waals surface area contributed by atoms with Crippen LogP contribution in [0.3, 0.4) is 0 Å². The third-order valence-electron chi connectivity index (χ3n) is 2.79. The predicted octanol–water partition coefficient (Wildman–Crippen LogP) is 2.56. The smallest absolute Gasteiger partial charge is 0.349 e. The van der Waals surface area contributed by atoms with Gasteiger partial charge in [0.05, 0.1) is 20.8 Å². The fraction of sp³-hybridized carbons (Fsp3) is 0.375. The molecule has 0 aliphatic carbocycles. The molecule has 0 N–H and O–H groups in total. The van der Waals surface area contributed by atoms with E-state index < -0.39 is 11.9 Å². The summed E-state index contributed by atoms with van der Waals surface area (Å²) in [5.41, 5.74) is 0.390. The van der Waals surface area contributed by atoms with Crippen molar-refractivity contribution >= 4 is 17.7 Å². The Morgan fingerprint density at radius 3 is 2.05 bits per heavy atom. The monoisotopic (exact) mass is 292 g/mol. The van der Waals surface area contributed by atoms with Gasteiger partial charge in [0.25, 0.3) is 0 Å². The van der Waals surface area contributed by atoms with Crippen LogP contribution in [0.25, 0.3) is 5.76 Å². The first-order valence-corrected chi connectivity index (χ1v) is 6.74. The molecule has 0 aliphatic heterocycles. The van der Waals surface area contributed by atoms with Gasteiger partial charge >= 0.3 is 11.9 Å². The maximum atomic E-state index is 11.9. The highest BCUT2D eigenvalue weighted by Crippen LogP contribution is 2.22. The zero-order valence-electron chi connectivity index (χ0n) is 12.5. The van der Waals surface area contributed by atoms with Crippen molar-refractivity contribution in [2.45, 2.75) is 19.8 Å². The molecule has 0 atom stereocenters. The van der Waals surface area contributed by atoms with Crippen LogP contribution >= 0.6 is 0 Å². The zero-order chi connectivity index (χ0) is 15.7. The molecule has 1 aromatic rings. The summed E-state index contributed by atoms with van der Waals surface area (Å²) in [6, 6.07) is 8.94. The highest BCUT2D eigenvalue weighted by Gasteiger charge is 2.27. The number of rotatable bonds is 7. The summed E-state index contributed by atoms with van der Waals surface area (Å²) in [6.07, 6.45) is 1.75. The maximum Gasteiger partial charge on any atom is 0.349 e. The van der Waals surface area contributed by atoms with E-state index in [1.807, 2.05) is 13.0 Å². The Morgan fingerprint density at radius 1 is 1.00 bits per heavy atom. The van der Waals surface area contributed by atoms with Crippen molar-refractivity contribution in [2.24, 2.45) is 0 Å². The summed E-state index contributed by atoms with van der Waals surface area (Å²) < 4.78 is 15.0.